The molecule has 0 amide bonds. The Labute approximate surface area is 65.1 Å². The first-order valence-electron chi connectivity index (χ1n) is 3.79. The molecule has 62 valence electrons. The molecule has 0 unspecified atom stereocenters. The summed E-state index contributed by atoms with van der Waals surface area (Å²) in [5.41, 5.74) is 0. The van der Waals surface area contributed by atoms with Crippen molar-refractivity contribution in [1.82, 2.24) is 0 Å². The third-order valence-electron chi connectivity index (χ3n) is 1.63. The molecule has 0 spiro atoms. The monoisotopic (exact) mass is 162 g/mol. The van der Waals surface area contributed by atoms with Gasteiger partial charge in [0.05, 0.1) is 0 Å². The van der Waals surface area contributed by atoms with Gasteiger partial charge in [0.2, 0.25) is 0 Å². The van der Waals surface area contributed by atoms with Gasteiger partial charge in [0, 0.05) is 36.2 Å². The minimum absolute atomic E-state index is 0.487. The van der Waals surface area contributed by atoms with Crippen molar-refractivity contribution < 1.29 is 9.47 Å². The van der Waals surface area contributed by atoms with E-state index in [1.807, 2.05) is 0 Å². The molecule has 0 saturated heterocycles. The van der Waals surface area contributed by atoms with Crippen molar-refractivity contribution >= 4 is 8.80 Å². The van der Waals surface area contributed by atoms with Crippen LogP contribution in [0.2, 0.25) is 18.6 Å². The zero-order valence-electron chi connectivity index (χ0n) is 7.22. The van der Waals surface area contributed by atoms with E-state index in [0.29, 0.717) is 0 Å². The Morgan fingerprint density at radius 3 is 1.70 bits per heavy atom. The molecule has 0 N–H and O–H groups in total. The van der Waals surface area contributed by atoms with Gasteiger partial charge < -0.3 is 9.47 Å². The van der Waals surface area contributed by atoms with Crippen molar-refractivity contribution in [1.29, 1.82) is 0 Å². The largest absolute Gasteiger partial charge is 0.385 e. The van der Waals surface area contributed by atoms with Gasteiger partial charge in [-0.05, 0) is 12.1 Å². The number of hydrogen-bond acceptors (Lipinski definition) is 2. The van der Waals surface area contributed by atoms with Gasteiger partial charge in [-0.15, -0.1) is 0 Å². The fourth-order valence-corrected chi connectivity index (χ4v) is 2.35. The number of methoxy groups -OCH3 is 2. The second-order valence-electron chi connectivity index (χ2n) is 2.67. The van der Waals surface area contributed by atoms with Gasteiger partial charge in [-0.3, -0.25) is 0 Å². The lowest BCUT2D eigenvalue weighted by Gasteiger charge is -2.06. The Kier molecular flexibility index (Phi) is 7.35. The Bertz CT molecular complexity index is 60.6. The van der Waals surface area contributed by atoms with Crippen LogP contribution < -0.4 is 0 Å². The van der Waals surface area contributed by atoms with Crippen LogP contribution in [0.5, 0.6) is 0 Å². The second kappa shape index (κ2) is 7.25. The van der Waals surface area contributed by atoms with Gasteiger partial charge in [0.15, 0.2) is 0 Å². The number of ether oxygens (including phenoxy) is 2. The van der Waals surface area contributed by atoms with Crippen LogP contribution in [0.4, 0.5) is 0 Å². The maximum atomic E-state index is 4.99. The highest BCUT2D eigenvalue weighted by atomic mass is 28.3. The second-order valence-corrected chi connectivity index (χ2v) is 6.03. The summed E-state index contributed by atoms with van der Waals surface area (Å²) < 4.78 is 9.97. The van der Waals surface area contributed by atoms with E-state index in [2.05, 4.69) is 6.55 Å². The molecular formula is C7H18O2Si. The zero-order valence-corrected chi connectivity index (χ0v) is 8.38. The van der Waals surface area contributed by atoms with Gasteiger partial charge in [0.25, 0.3) is 0 Å². The smallest absolute Gasteiger partial charge is 0.0436 e. The van der Waals surface area contributed by atoms with Crippen molar-refractivity contribution in [3.8, 4) is 0 Å². The quantitative estimate of drug-likeness (QED) is 0.545. The predicted molar refractivity (Wildman–Crippen MR) is 46.4 cm³/mol. The fourth-order valence-electron chi connectivity index (χ4n) is 0.782. The first-order chi connectivity index (χ1) is 4.81. The highest BCUT2D eigenvalue weighted by Gasteiger charge is 2.01. The van der Waals surface area contributed by atoms with Crippen molar-refractivity contribution in [3.05, 3.63) is 0 Å². The van der Waals surface area contributed by atoms with E-state index < -0.39 is 8.80 Å². The summed E-state index contributed by atoms with van der Waals surface area (Å²) in [4.78, 5) is 0. The number of rotatable bonds is 6. The molecule has 0 radical (unpaired) electrons. The summed E-state index contributed by atoms with van der Waals surface area (Å²) in [6, 6.07) is 2.56. The van der Waals surface area contributed by atoms with Crippen LogP contribution in [-0.4, -0.2) is 36.2 Å². The Balaban J connectivity index is 3.00. The lowest BCUT2D eigenvalue weighted by Crippen LogP contribution is -2.11. The highest BCUT2D eigenvalue weighted by molar-refractivity contribution is 6.57. The van der Waals surface area contributed by atoms with E-state index in [1.165, 1.54) is 12.1 Å². The van der Waals surface area contributed by atoms with Crippen LogP contribution in [0.3, 0.4) is 0 Å². The van der Waals surface area contributed by atoms with Crippen molar-refractivity contribution in [2.45, 2.75) is 18.6 Å². The first kappa shape index (κ1) is 10.1. The zero-order chi connectivity index (χ0) is 7.82. The summed E-state index contributed by atoms with van der Waals surface area (Å²) in [5.74, 6) is 0. The minimum Gasteiger partial charge on any atom is -0.385 e. The molecule has 0 rings (SSSR count). The van der Waals surface area contributed by atoms with Crippen LogP contribution >= 0.6 is 0 Å². The molecule has 0 fully saturated rings. The lowest BCUT2D eigenvalue weighted by atomic mass is 10.8. The van der Waals surface area contributed by atoms with Crippen molar-refractivity contribution in [3.63, 3.8) is 0 Å². The molecule has 0 aliphatic carbocycles. The molecular weight excluding hydrogens is 144 g/mol. The van der Waals surface area contributed by atoms with Gasteiger partial charge in [-0.25, -0.2) is 0 Å². The van der Waals surface area contributed by atoms with Crippen molar-refractivity contribution in [2.75, 3.05) is 27.4 Å². The van der Waals surface area contributed by atoms with Gasteiger partial charge in [-0.2, -0.15) is 0 Å². The van der Waals surface area contributed by atoms with Crippen LogP contribution in [-0.2, 0) is 9.47 Å². The Hall–Kier alpha value is 0.137. The Morgan fingerprint density at radius 1 is 1.00 bits per heavy atom. The van der Waals surface area contributed by atoms with E-state index in [1.54, 1.807) is 14.2 Å². The van der Waals surface area contributed by atoms with Crippen LogP contribution in [0.25, 0.3) is 0 Å². The van der Waals surface area contributed by atoms with Crippen LogP contribution in [0.1, 0.15) is 0 Å². The molecule has 0 atom stereocenters. The topological polar surface area (TPSA) is 18.5 Å². The molecule has 0 aromatic carbocycles. The third-order valence-corrected chi connectivity index (χ3v) is 4.07. The molecule has 10 heavy (non-hydrogen) atoms. The van der Waals surface area contributed by atoms with Crippen LogP contribution in [0.15, 0.2) is 0 Å². The SMILES string of the molecule is COCC[SiH](C)CCOC. The van der Waals surface area contributed by atoms with Gasteiger partial charge in [0.1, 0.15) is 0 Å². The summed E-state index contributed by atoms with van der Waals surface area (Å²) in [7, 11) is 3.04. The predicted octanol–water partition coefficient (Wildman–Crippen LogP) is 1.14. The molecule has 0 aliphatic heterocycles. The molecule has 3 heteroatoms. The fraction of sp³-hybridized carbons (Fsp3) is 1.00. The minimum atomic E-state index is -0.487. The molecule has 0 aromatic heterocycles. The van der Waals surface area contributed by atoms with E-state index in [0.717, 1.165) is 13.2 Å². The summed E-state index contributed by atoms with van der Waals surface area (Å²) in [5, 5.41) is 0. The van der Waals surface area contributed by atoms with E-state index in [9.17, 15) is 0 Å². The average Bonchev–Trinajstić information content (AvgIpc) is 1.97. The molecule has 2 nitrogen and oxygen atoms in total. The molecule has 0 aliphatic rings. The summed E-state index contributed by atoms with van der Waals surface area (Å²) in [6.45, 7) is 4.21. The lowest BCUT2D eigenvalue weighted by molar-refractivity contribution is 0.209. The highest BCUT2D eigenvalue weighted by Crippen LogP contribution is 1.98. The maximum Gasteiger partial charge on any atom is 0.0436 e. The van der Waals surface area contributed by atoms with E-state index in [4.69, 9.17) is 9.47 Å². The third kappa shape index (κ3) is 6.26. The standard InChI is InChI=1S/C7H18O2Si/c1-8-4-6-10(3)7-5-9-2/h10H,4-7H2,1-3H3. The van der Waals surface area contributed by atoms with E-state index in [-0.39, 0.29) is 0 Å². The Morgan fingerprint density at radius 2 is 1.40 bits per heavy atom. The van der Waals surface area contributed by atoms with Gasteiger partial charge in [-0.1, -0.05) is 6.55 Å². The van der Waals surface area contributed by atoms with E-state index >= 15 is 0 Å². The summed E-state index contributed by atoms with van der Waals surface area (Å²) in [6.07, 6.45) is 0. The molecule has 0 saturated carbocycles. The van der Waals surface area contributed by atoms with Crippen molar-refractivity contribution in [2.24, 2.45) is 0 Å². The molecule has 0 heterocycles. The molecule has 0 bridgehead atoms. The first-order valence-corrected chi connectivity index (χ1v) is 6.58. The number of hydrogen-bond donors (Lipinski definition) is 0. The van der Waals surface area contributed by atoms with Crippen LogP contribution in [0, 0.1) is 0 Å². The summed E-state index contributed by atoms with van der Waals surface area (Å²) >= 11 is 0. The average molecular weight is 162 g/mol. The molecule has 0 aromatic rings. The van der Waals surface area contributed by atoms with Gasteiger partial charge >= 0.3 is 0 Å². The maximum absolute atomic E-state index is 4.99. The normalized spacial score (nSPS) is 10.8.